The summed E-state index contributed by atoms with van der Waals surface area (Å²) in [7, 11) is 0. The van der Waals surface area contributed by atoms with Crippen LogP contribution in [0.5, 0.6) is 0 Å². The molecule has 4 amide bonds. The van der Waals surface area contributed by atoms with Crippen LogP contribution < -0.4 is 0 Å². The predicted octanol–water partition coefficient (Wildman–Crippen LogP) is 3.01. The first-order valence-electron chi connectivity index (χ1n) is 8.82. The number of urea groups is 1. The minimum absolute atomic E-state index is 0.0601. The van der Waals surface area contributed by atoms with Crippen molar-refractivity contribution in [2.24, 2.45) is 0 Å². The van der Waals surface area contributed by atoms with Gasteiger partial charge in [-0.3, -0.25) is 14.5 Å². The summed E-state index contributed by atoms with van der Waals surface area (Å²) >= 11 is 6.11. The Hall–Kier alpha value is -2.74. The third kappa shape index (κ3) is 3.21. The molecule has 1 saturated heterocycles. The zero-order valence-electron chi connectivity index (χ0n) is 14.4. The Kier molecular flexibility index (Phi) is 4.65. The second-order valence-corrected chi connectivity index (χ2v) is 7.03. The lowest BCUT2D eigenvalue weighted by Gasteiger charge is -2.28. The summed E-state index contributed by atoms with van der Waals surface area (Å²) in [5.74, 6) is -1.39. The zero-order chi connectivity index (χ0) is 19.0. The average Bonchev–Trinajstić information content (AvgIpc) is 3.22. The van der Waals surface area contributed by atoms with Crippen molar-refractivity contribution < 1.29 is 18.8 Å². The van der Waals surface area contributed by atoms with Crippen molar-refractivity contribution in [3.8, 4) is 11.5 Å². The van der Waals surface area contributed by atoms with Gasteiger partial charge in [-0.1, -0.05) is 43.0 Å². The van der Waals surface area contributed by atoms with Gasteiger partial charge in [0.2, 0.25) is 11.8 Å². The Balaban J connectivity index is 1.53. The third-order valence-electron chi connectivity index (χ3n) is 4.89. The Morgan fingerprint density at radius 2 is 1.78 bits per heavy atom. The number of hydrogen-bond acceptors (Lipinski definition) is 6. The fourth-order valence-electron chi connectivity index (χ4n) is 3.52. The second-order valence-electron chi connectivity index (χ2n) is 6.62. The third-order valence-corrected chi connectivity index (χ3v) is 5.22. The molecule has 2 aromatic rings. The lowest BCUT2D eigenvalue weighted by atomic mass is 9.94. The fraction of sp³-hybridized carbons (Fsp3) is 0.389. The maximum absolute atomic E-state index is 12.7. The van der Waals surface area contributed by atoms with Crippen molar-refractivity contribution in [3.63, 3.8) is 0 Å². The molecule has 27 heavy (non-hydrogen) atoms. The topological polar surface area (TPSA) is 96.6 Å². The van der Waals surface area contributed by atoms with E-state index < -0.39 is 17.8 Å². The zero-order valence-corrected chi connectivity index (χ0v) is 15.2. The van der Waals surface area contributed by atoms with Crippen molar-refractivity contribution in [2.75, 3.05) is 0 Å². The lowest BCUT2D eigenvalue weighted by molar-refractivity contribution is -0.144. The molecule has 2 aliphatic rings. The van der Waals surface area contributed by atoms with E-state index in [4.69, 9.17) is 16.0 Å². The summed E-state index contributed by atoms with van der Waals surface area (Å²) < 4.78 is 5.54. The number of halogens is 1. The number of carbonyl (C=O) groups excluding carboxylic acids is 3. The van der Waals surface area contributed by atoms with Crippen molar-refractivity contribution >= 4 is 29.4 Å². The normalized spacial score (nSPS) is 18.6. The largest absolute Gasteiger partial charge is 0.419 e. The van der Waals surface area contributed by atoms with Crippen molar-refractivity contribution in [1.29, 1.82) is 0 Å². The highest BCUT2D eigenvalue weighted by molar-refractivity contribution is 6.44. The van der Waals surface area contributed by atoms with Crippen LogP contribution in [0.15, 0.2) is 28.7 Å². The smallest absolute Gasteiger partial charge is 0.334 e. The van der Waals surface area contributed by atoms with Crippen LogP contribution >= 0.6 is 11.6 Å². The molecule has 1 aliphatic carbocycles. The maximum Gasteiger partial charge on any atom is 0.334 e. The quantitative estimate of drug-likeness (QED) is 0.590. The number of rotatable bonds is 4. The Bertz CT molecular complexity index is 906. The molecule has 0 N–H and O–H groups in total. The van der Waals surface area contributed by atoms with Crippen LogP contribution in [0, 0.1) is 0 Å². The van der Waals surface area contributed by atoms with Gasteiger partial charge >= 0.3 is 17.8 Å². The molecule has 0 atom stereocenters. The van der Waals surface area contributed by atoms with Gasteiger partial charge < -0.3 is 4.42 Å². The Morgan fingerprint density at radius 1 is 1.04 bits per heavy atom. The van der Waals surface area contributed by atoms with Crippen LogP contribution in [0.3, 0.4) is 0 Å². The van der Waals surface area contributed by atoms with Crippen LogP contribution in [0.2, 0.25) is 5.02 Å². The van der Waals surface area contributed by atoms with Crippen LogP contribution in [0.1, 0.15) is 38.0 Å². The Morgan fingerprint density at radius 3 is 2.52 bits per heavy atom. The molecule has 0 bridgehead atoms. The van der Waals surface area contributed by atoms with Crippen molar-refractivity contribution in [2.45, 2.75) is 44.7 Å². The van der Waals surface area contributed by atoms with Gasteiger partial charge in [0.15, 0.2) is 0 Å². The minimum Gasteiger partial charge on any atom is -0.419 e. The van der Waals surface area contributed by atoms with Crippen LogP contribution in [-0.4, -0.2) is 43.9 Å². The predicted molar refractivity (Wildman–Crippen MR) is 94.4 cm³/mol. The van der Waals surface area contributed by atoms with Gasteiger partial charge in [-0.05, 0) is 25.0 Å². The summed E-state index contributed by atoms with van der Waals surface area (Å²) in [6.45, 7) is -0.246. The summed E-state index contributed by atoms with van der Waals surface area (Å²) in [6.07, 6.45) is 4.43. The minimum atomic E-state index is -0.858. The van der Waals surface area contributed by atoms with E-state index in [9.17, 15) is 14.4 Å². The molecule has 8 nitrogen and oxygen atoms in total. The SMILES string of the molecule is O=C1C(=O)N(C2CCCCC2)C(=O)N1Cc1nnc(-c2ccccc2Cl)o1. The molecule has 1 aliphatic heterocycles. The first-order chi connectivity index (χ1) is 13.1. The summed E-state index contributed by atoms with van der Waals surface area (Å²) in [6, 6.07) is 6.13. The van der Waals surface area contributed by atoms with E-state index in [-0.39, 0.29) is 24.4 Å². The van der Waals surface area contributed by atoms with Gasteiger partial charge in [0.1, 0.15) is 6.54 Å². The number of hydrogen-bond donors (Lipinski definition) is 0. The molecule has 0 radical (unpaired) electrons. The van der Waals surface area contributed by atoms with E-state index in [0.29, 0.717) is 10.6 Å². The van der Waals surface area contributed by atoms with Gasteiger partial charge in [-0.25, -0.2) is 9.69 Å². The van der Waals surface area contributed by atoms with Gasteiger partial charge in [-0.2, -0.15) is 0 Å². The standard InChI is InChI=1S/C18H17ClN4O4/c19-13-9-5-4-8-12(13)15-21-20-14(27-15)10-22-16(24)17(25)23(18(22)26)11-6-2-1-3-7-11/h4-5,8-9,11H,1-3,6-7,10H2. The number of amides is 4. The van der Waals surface area contributed by atoms with E-state index in [1.165, 1.54) is 0 Å². The van der Waals surface area contributed by atoms with Gasteiger partial charge in [0, 0.05) is 6.04 Å². The summed E-state index contributed by atoms with van der Waals surface area (Å²) in [5.41, 5.74) is 0.553. The van der Waals surface area contributed by atoms with Crippen molar-refractivity contribution in [3.05, 3.63) is 35.2 Å². The molecule has 0 unspecified atom stereocenters. The molecular weight excluding hydrogens is 372 g/mol. The molecule has 1 saturated carbocycles. The van der Waals surface area contributed by atoms with Crippen LogP contribution in [0.4, 0.5) is 4.79 Å². The molecular formula is C18H17ClN4O4. The molecule has 140 valence electrons. The fourth-order valence-corrected chi connectivity index (χ4v) is 3.74. The summed E-state index contributed by atoms with van der Waals surface area (Å²) in [4.78, 5) is 39.2. The first-order valence-corrected chi connectivity index (χ1v) is 9.20. The number of aromatic nitrogens is 2. The highest BCUT2D eigenvalue weighted by Crippen LogP contribution is 2.29. The highest BCUT2D eigenvalue weighted by Gasteiger charge is 2.48. The molecule has 9 heteroatoms. The van der Waals surface area contributed by atoms with E-state index in [1.54, 1.807) is 24.3 Å². The second kappa shape index (κ2) is 7.11. The van der Waals surface area contributed by atoms with Gasteiger partial charge in [0.25, 0.3) is 0 Å². The number of benzene rings is 1. The van der Waals surface area contributed by atoms with Crippen LogP contribution in [-0.2, 0) is 16.1 Å². The Labute approximate surface area is 160 Å². The molecule has 2 fully saturated rings. The van der Waals surface area contributed by atoms with E-state index >= 15 is 0 Å². The first kappa shape index (κ1) is 17.7. The monoisotopic (exact) mass is 388 g/mol. The number of imide groups is 2. The lowest BCUT2D eigenvalue weighted by Crippen LogP contribution is -2.42. The van der Waals surface area contributed by atoms with E-state index in [1.807, 2.05) is 0 Å². The number of carbonyl (C=O) groups is 3. The average molecular weight is 389 g/mol. The molecule has 1 aromatic carbocycles. The molecule has 1 aromatic heterocycles. The number of nitrogens with zero attached hydrogens (tertiary/aromatic N) is 4. The van der Waals surface area contributed by atoms with Crippen molar-refractivity contribution in [1.82, 2.24) is 20.0 Å². The highest BCUT2D eigenvalue weighted by atomic mass is 35.5. The summed E-state index contributed by atoms with van der Waals surface area (Å²) in [5, 5.41) is 8.24. The van der Waals surface area contributed by atoms with E-state index in [2.05, 4.69) is 10.2 Å². The molecule has 2 heterocycles. The molecule has 4 rings (SSSR count). The maximum atomic E-state index is 12.7. The molecule has 0 spiro atoms. The van der Waals surface area contributed by atoms with Crippen LogP contribution in [0.25, 0.3) is 11.5 Å². The van der Waals surface area contributed by atoms with E-state index in [0.717, 1.165) is 41.9 Å². The van der Waals surface area contributed by atoms with Gasteiger partial charge in [0.05, 0.1) is 10.6 Å². The van der Waals surface area contributed by atoms with Gasteiger partial charge in [-0.15, -0.1) is 10.2 Å².